The van der Waals surface area contributed by atoms with E-state index >= 15 is 0 Å². The number of rotatable bonds is 6. The fourth-order valence-electron chi connectivity index (χ4n) is 3.29. The van der Waals surface area contributed by atoms with E-state index in [-0.39, 0.29) is 17.7 Å². The lowest BCUT2D eigenvalue weighted by molar-refractivity contribution is 0.0694. The summed E-state index contributed by atoms with van der Waals surface area (Å²) in [5.41, 5.74) is 2.38. The lowest BCUT2D eigenvalue weighted by Crippen LogP contribution is -2.08. The van der Waals surface area contributed by atoms with Gasteiger partial charge in [-0.05, 0) is 48.0 Å². The maximum atomic E-state index is 13.5. The minimum Gasteiger partial charge on any atom is -0.489 e. The summed E-state index contributed by atoms with van der Waals surface area (Å²) in [5, 5.41) is 19.1. The zero-order valence-electron chi connectivity index (χ0n) is 17.1. The van der Waals surface area contributed by atoms with Crippen LogP contribution in [0.3, 0.4) is 0 Å². The molecule has 0 fully saturated rings. The quantitative estimate of drug-likeness (QED) is 0.406. The van der Waals surface area contributed by atoms with Gasteiger partial charge in [0.1, 0.15) is 12.4 Å². The molecule has 33 heavy (non-hydrogen) atoms. The number of nitriles is 1. The average molecular weight is 442 g/mol. The van der Waals surface area contributed by atoms with Crippen molar-refractivity contribution in [2.45, 2.75) is 6.61 Å². The van der Waals surface area contributed by atoms with E-state index in [0.29, 0.717) is 27.9 Å². The first-order chi connectivity index (χ1) is 15.9. The number of ether oxygens (including phenoxy) is 1. The minimum atomic E-state index is -1.12. The Morgan fingerprint density at radius 3 is 2.52 bits per heavy atom. The van der Waals surface area contributed by atoms with Crippen molar-refractivity contribution in [3.8, 4) is 11.8 Å². The molecule has 1 N–H and O–H groups in total. The lowest BCUT2D eigenvalue weighted by Gasteiger charge is -2.10. The monoisotopic (exact) mass is 442 g/mol. The van der Waals surface area contributed by atoms with Gasteiger partial charge in [-0.3, -0.25) is 0 Å². The van der Waals surface area contributed by atoms with Gasteiger partial charge >= 0.3 is 5.97 Å². The third-order valence-electron chi connectivity index (χ3n) is 4.99. The number of hydrogen-bond acceptors (Lipinski definition) is 4. The van der Waals surface area contributed by atoms with Crippen LogP contribution in [-0.4, -0.2) is 16.1 Å². The molecule has 0 unspecified atom stereocenters. The fourth-order valence-corrected chi connectivity index (χ4v) is 3.29. The molecule has 4 rings (SSSR count). The molecule has 0 bridgehead atoms. The van der Waals surface area contributed by atoms with Crippen LogP contribution < -0.4 is 4.74 Å². The lowest BCUT2D eigenvalue weighted by atomic mass is 10.0. The van der Waals surface area contributed by atoms with Crippen molar-refractivity contribution in [3.05, 3.63) is 106 Å². The zero-order valence-corrected chi connectivity index (χ0v) is 17.1. The molecular weight excluding hydrogens is 426 g/mol. The van der Waals surface area contributed by atoms with Gasteiger partial charge in [-0.15, -0.1) is 0 Å². The standard InChI is InChI=1S/C26H16F2N2O3/c27-23-12-17-7-9-19(30-25(17)13-24(23)28)8-4-16-5-10-20(11-6-16)33-15-22-18(14-29)2-1-3-21(22)26(31)32/h1-13H,15H2,(H,31,32). The highest BCUT2D eigenvalue weighted by Gasteiger charge is 2.14. The van der Waals surface area contributed by atoms with Crippen LogP contribution in [-0.2, 0) is 6.61 Å². The van der Waals surface area contributed by atoms with Crippen LogP contribution in [0.4, 0.5) is 8.78 Å². The predicted octanol–water partition coefficient (Wildman–Crippen LogP) is 5.83. The van der Waals surface area contributed by atoms with Gasteiger partial charge in [0.2, 0.25) is 0 Å². The first-order valence-electron chi connectivity index (χ1n) is 9.86. The molecule has 162 valence electrons. The number of aromatic carboxylic acids is 1. The second kappa shape index (κ2) is 9.28. The summed E-state index contributed by atoms with van der Waals surface area (Å²) in [4.78, 5) is 15.7. The molecule has 0 aliphatic rings. The number of fused-ring (bicyclic) bond motifs is 1. The molecule has 0 atom stereocenters. The summed E-state index contributed by atoms with van der Waals surface area (Å²) >= 11 is 0. The van der Waals surface area contributed by atoms with Crippen LogP contribution >= 0.6 is 0 Å². The number of carboxylic acids is 1. The van der Waals surface area contributed by atoms with Crippen LogP contribution in [0.2, 0.25) is 0 Å². The van der Waals surface area contributed by atoms with Crippen LogP contribution in [0.15, 0.2) is 66.7 Å². The molecule has 5 nitrogen and oxygen atoms in total. The molecule has 1 heterocycles. The van der Waals surface area contributed by atoms with Gasteiger partial charge in [0.15, 0.2) is 11.6 Å². The zero-order chi connectivity index (χ0) is 23.4. The largest absolute Gasteiger partial charge is 0.489 e. The fraction of sp³-hybridized carbons (Fsp3) is 0.0385. The third-order valence-corrected chi connectivity index (χ3v) is 4.99. The van der Waals surface area contributed by atoms with E-state index in [1.165, 1.54) is 12.1 Å². The van der Waals surface area contributed by atoms with Gasteiger partial charge in [0, 0.05) is 17.0 Å². The molecule has 0 aliphatic carbocycles. The molecular formula is C26H16F2N2O3. The van der Waals surface area contributed by atoms with Crippen molar-refractivity contribution < 1.29 is 23.4 Å². The Bertz CT molecular complexity index is 1420. The van der Waals surface area contributed by atoms with Gasteiger partial charge < -0.3 is 9.84 Å². The summed E-state index contributed by atoms with van der Waals surface area (Å²) in [6.45, 7) is -0.0568. The van der Waals surface area contributed by atoms with Gasteiger partial charge in [0.25, 0.3) is 0 Å². The first kappa shape index (κ1) is 21.7. The summed E-state index contributed by atoms with van der Waals surface area (Å²) in [5.74, 6) is -2.47. The highest BCUT2D eigenvalue weighted by molar-refractivity contribution is 5.90. The Balaban J connectivity index is 1.47. The van der Waals surface area contributed by atoms with E-state index < -0.39 is 17.6 Å². The normalized spacial score (nSPS) is 10.9. The Morgan fingerprint density at radius 1 is 1.03 bits per heavy atom. The molecule has 0 aliphatic heterocycles. The van der Waals surface area contributed by atoms with E-state index in [0.717, 1.165) is 17.7 Å². The molecule has 0 radical (unpaired) electrons. The number of benzene rings is 3. The summed E-state index contributed by atoms with van der Waals surface area (Å²) < 4.78 is 32.5. The number of aromatic nitrogens is 1. The Morgan fingerprint density at radius 2 is 1.79 bits per heavy atom. The van der Waals surface area contributed by atoms with Crippen LogP contribution in [0.1, 0.15) is 32.7 Å². The summed E-state index contributed by atoms with van der Waals surface area (Å²) in [6, 6.07) is 19.1. The van der Waals surface area contributed by atoms with Crippen molar-refractivity contribution in [1.29, 1.82) is 5.26 Å². The van der Waals surface area contributed by atoms with E-state index in [4.69, 9.17) is 4.74 Å². The maximum absolute atomic E-state index is 13.5. The smallest absolute Gasteiger partial charge is 0.336 e. The molecule has 7 heteroatoms. The third kappa shape index (κ3) is 4.86. The number of nitrogens with zero attached hydrogens (tertiary/aromatic N) is 2. The van der Waals surface area contributed by atoms with Crippen LogP contribution in [0.5, 0.6) is 5.75 Å². The highest BCUT2D eigenvalue weighted by Crippen LogP contribution is 2.21. The number of carboxylic acid groups (broad SMARTS) is 1. The molecule has 0 saturated carbocycles. The molecule has 0 saturated heterocycles. The molecule has 0 spiro atoms. The summed E-state index contributed by atoms with van der Waals surface area (Å²) in [6.07, 6.45) is 3.56. The van der Waals surface area contributed by atoms with Gasteiger partial charge in [-0.2, -0.15) is 5.26 Å². The van der Waals surface area contributed by atoms with Crippen molar-refractivity contribution >= 4 is 29.0 Å². The molecule has 1 aromatic heterocycles. The number of hydrogen-bond donors (Lipinski definition) is 1. The van der Waals surface area contributed by atoms with E-state index in [9.17, 15) is 23.9 Å². The molecule has 3 aromatic carbocycles. The van der Waals surface area contributed by atoms with Crippen LogP contribution in [0.25, 0.3) is 23.1 Å². The van der Waals surface area contributed by atoms with Crippen LogP contribution in [0, 0.1) is 23.0 Å². The Hall–Kier alpha value is -4.57. The van der Waals surface area contributed by atoms with E-state index in [1.807, 2.05) is 12.1 Å². The second-order valence-corrected chi connectivity index (χ2v) is 7.13. The Kier molecular flexibility index (Phi) is 6.09. The molecule has 0 amide bonds. The second-order valence-electron chi connectivity index (χ2n) is 7.13. The average Bonchev–Trinajstić information content (AvgIpc) is 2.82. The van der Waals surface area contributed by atoms with E-state index in [1.54, 1.807) is 48.5 Å². The number of halogens is 2. The topological polar surface area (TPSA) is 83.2 Å². The number of pyridine rings is 1. The van der Waals surface area contributed by atoms with Crippen molar-refractivity contribution in [2.75, 3.05) is 0 Å². The maximum Gasteiger partial charge on any atom is 0.336 e. The van der Waals surface area contributed by atoms with Crippen molar-refractivity contribution in [3.63, 3.8) is 0 Å². The first-order valence-corrected chi connectivity index (χ1v) is 9.86. The van der Waals surface area contributed by atoms with Gasteiger partial charge in [-0.25, -0.2) is 18.6 Å². The predicted molar refractivity (Wildman–Crippen MR) is 119 cm³/mol. The van der Waals surface area contributed by atoms with Crippen molar-refractivity contribution in [1.82, 2.24) is 4.98 Å². The van der Waals surface area contributed by atoms with Crippen molar-refractivity contribution in [2.24, 2.45) is 0 Å². The molecule has 4 aromatic rings. The highest BCUT2D eigenvalue weighted by atomic mass is 19.2. The minimum absolute atomic E-state index is 0.0270. The Labute approximate surface area is 187 Å². The van der Waals surface area contributed by atoms with E-state index in [2.05, 4.69) is 4.98 Å². The van der Waals surface area contributed by atoms with Gasteiger partial charge in [0.05, 0.1) is 28.4 Å². The number of carbonyl (C=O) groups is 1. The summed E-state index contributed by atoms with van der Waals surface area (Å²) in [7, 11) is 0. The van der Waals surface area contributed by atoms with Gasteiger partial charge in [-0.1, -0.05) is 30.3 Å². The SMILES string of the molecule is N#Cc1cccc(C(=O)O)c1COc1ccc(C=Cc2ccc3cc(F)c(F)cc3n2)cc1.